The highest BCUT2D eigenvalue weighted by atomic mass is 32.2. The molecule has 1 fully saturated rings. The minimum Gasteiger partial charge on any atom is -0.223 e. The van der Waals surface area contributed by atoms with E-state index in [1.807, 2.05) is 0 Å². The highest BCUT2D eigenvalue weighted by Gasteiger charge is 2.36. The first kappa shape index (κ1) is 9.29. The maximum atomic E-state index is 11.8. The van der Waals surface area contributed by atoms with Crippen LogP contribution < -0.4 is 0 Å². The number of sulfone groups is 1. The van der Waals surface area contributed by atoms with Crippen molar-refractivity contribution >= 4 is 9.84 Å². The third-order valence-electron chi connectivity index (χ3n) is 2.29. The van der Waals surface area contributed by atoms with Gasteiger partial charge >= 0.3 is 0 Å². The summed E-state index contributed by atoms with van der Waals surface area (Å²) in [4.78, 5) is 0.357. The first-order chi connectivity index (χ1) is 6.64. The molecule has 1 aromatic carbocycles. The normalized spacial score (nSPS) is 16.2. The van der Waals surface area contributed by atoms with E-state index in [2.05, 4.69) is 5.92 Å². The molecule has 1 aliphatic carbocycles. The summed E-state index contributed by atoms with van der Waals surface area (Å²) in [7, 11) is -3.09. The van der Waals surface area contributed by atoms with E-state index < -0.39 is 9.84 Å². The van der Waals surface area contributed by atoms with Crippen molar-refractivity contribution < 1.29 is 8.42 Å². The van der Waals surface area contributed by atoms with Crippen LogP contribution in [0, 0.1) is 12.3 Å². The van der Waals surface area contributed by atoms with Crippen LogP contribution in [0.5, 0.6) is 0 Å². The molecule has 0 heterocycles. The Morgan fingerprint density at radius 3 is 2.64 bits per heavy atom. The van der Waals surface area contributed by atoms with Gasteiger partial charge in [-0.2, -0.15) is 0 Å². The predicted molar refractivity (Wildman–Crippen MR) is 54.6 cm³/mol. The van der Waals surface area contributed by atoms with Crippen LogP contribution in [-0.4, -0.2) is 13.7 Å². The highest BCUT2D eigenvalue weighted by Crippen LogP contribution is 2.33. The zero-order valence-electron chi connectivity index (χ0n) is 7.60. The zero-order chi connectivity index (χ0) is 10.2. The average molecular weight is 206 g/mol. The molecule has 2 nitrogen and oxygen atoms in total. The average Bonchev–Trinajstić information content (AvgIpc) is 3.01. The number of hydrogen-bond acceptors (Lipinski definition) is 2. The lowest BCUT2D eigenvalue weighted by atomic mass is 10.2. The molecule has 0 spiro atoms. The van der Waals surface area contributed by atoms with Gasteiger partial charge in [-0.15, -0.1) is 6.42 Å². The van der Waals surface area contributed by atoms with Crippen molar-refractivity contribution in [2.75, 3.05) is 0 Å². The summed E-state index contributed by atoms with van der Waals surface area (Å²) in [5.41, 5.74) is 0.617. The molecule has 0 aromatic heterocycles. The second-order valence-electron chi connectivity index (χ2n) is 3.42. The van der Waals surface area contributed by atoms with Crippen LogP contribution >= 0.6 is 0 Å². The minimum atomic E-state index is -3.09. The molecule has 2 rings (SSSR count). The van der Waals surface area contributed by atoms with E-state index in [0.29, 0.717) is 10.5 Å². The van der Waals surface area contributed by atoms with Crippen LogP contribution in [0.4, 0.5) is 0 Å². The molecule has 14 heavy (non-hydrogen) atoms. The van der Waals surface area contributed by atoms with Crippen molar-refractivity contribution in [1.29, 1.82) is 0 Å². The fraction of sp³-hybridized carbons (Fsp3) is 0.273. The van der Waals surface area contributed by atoms with Gasteiger partial charge in [0, 0.05) is 5.56 Å². The Labute approximate surface area is 83.9 Å². The van der Waals surface area contributed by atoms with Gasteiger partial charge in [0.05, 0.1) is 10.1 Å². The molecule has 1 aliphatic rings. The summed E-state index contributed by atoms with van der Waals surface area (Å²) in [5.74, 6) is 2.43. The monoisotopic (exact) mass is 206 g/mol. The van der Waals surface area contributed by atoms with Crippen LogP contribution in [0.3, 0.4) is 0 Å². The molecular weight excluding hydrogens is 196 g/mol. The standard InChI is InChI=1S/C11H10O2S/c1-2-9-4-3-5-11(8-9)14(12,13)10-6-7-10/h1,3-5,8,10H,6-7H2. The molecule has 0 bridgehead atoms. The molecule has 1 aromatic rings. The van der Waals surface area contributed by atoms with Gasteiger partial charge in [-0.25, -0.2) is 8.42 Å². The topological polar surface area (TPSA) is 34.1 Å². The zero-order valence-corrected chi connectivity index (χ0v) is 8.42. The largest absolute Gasteiger partial charge is 0.223 e. The van der Waals surface area contributed by atoms with Crippen molar-refractivity contribution in [3.05, 3.63) is 29.8 Å². The maximum absolute atomic E-state index is 11.8. The summed E-state index contributed by atoms with van der Waals surface area (Å²) < 4.78 is 23.6. The van der Waals surface area contributed by atoms with Gasteiger partial charge in [-0.3, -0.25) is 0 Å². The molecule has 0 unspecified atom stereocenters. The van der Waals surface area contributed by atoms with E-state index in [-0.39, 0.29) is 5.25 Å². The second kappa shape index (κ2) is 3.14. The van der Waals surface area contributed by atoms with Gasteiger partial charge in [0.15, 0.2) is 9.84 Å². The molecule has 1 saturated carbocycles. The van der Waals surface area contributed by atoms with Gasteiger partial charge < -0.3 is 0 Å². The Bertz CT molecular complexity index is 490. The van der Waals surface area contributed by atoms with E-state index in [4.69, 9.17) is 6.42 Å². The number of rotatable bonds is 2. The Morgan fingerprint density at radius 2 is 2.07 bits per heavy atom. The van der Waals surface area contributed by atoms with Crippen molar-refractivity contribution in [1.82, 2.24) is 0 Å². The number of hydrogen-bond donors (Lipinski definition) is 0. The summed E-state index contributed by atoms with van der Waals surface area (Å²) in [6.45, 7) is 0. The van der Waals surface area contributed by atoms with Gasteiger partial charge in [-0.1, -0.05) is 12.0 Å². The van der Waals surface area contributed by atoms with Gasteiger partial charge in [0.25, 0.3) is 0 Å². The molecular formula is C11H10O2S. The third kappa shape index (κ3) is 1.53. The van der Waals surface area contributed by atoms with Crippen molar-refractivity contribution in [3.63, 3.8) is 0 Å². The molecule has 0 atom stereocenters. The van der Waals surface area contributed by atoms with Gasteiger partial charge in [0.1, 0.15) is 0 Å². The molecule has 0 saturated heterocycles. The first-order valence-corrected chi connectivity index (χ1v) is 6.00. The van der Waals surface area contributed by atoms with Crippen LogP contribution in [0.25, 0.3) is 0 Å². The number of terminal acetylenes is 1. The second-order valence-corrected chi connectivity index (χ2v) is 5.64. The smallest absolute Gasteiger partial charge is 0.181 e. The summed E-state index contributed by atoms with van der Waals surface area (Å²) in [5, 5.41) is -0.171. The third-order valence-corrected chi connectivity index (χ3v) is 4.55. The van der Waals surface area contributed by atoms with Crippen LogP contribution in [0.2, 0.25) is 0 Å². The maximum Gasteiger partial charge on any atom is 0.181 e. The molecule has 0 amide bonds. The lowest BCUT2D eigenvalue weighted by Gasteiger charge is -2.02. The molecule has 72 valence electrons. The van der Waals surface area contributed by atoms with Crippen molar-refractivity contribution in [2.45, 2.75) is 23.0 Å². The van der Waals surface area contributed by atoms with E-state index in [9.17, 15) is 8.42 Å². The molecule has 0 N–H and O–H groups in total. The SMILES string of the molecule is C#Cc1cccc(S(=O)(=O)C2CC2)c1. The van der Waals surface area contributed by atoms with E-state index >= 15 is 0 Å². The Hall–Kier alpha value is -1.27. The van der Waals surface area contributed by atoms with Crippen molar-refractivity contribution in [2.24, 2.45) is 0 Å². The molecule has 0 aliphatic heterocycles. The van der Waals surface area contributed by atoms with E-state index in [0.717, 1.165) is 12.8 Å². The molecule has 3 heteroatoms. The summed E-state index contributed by atoms with van der Waals surface area (Å²) >= 11 is 0. The Kier molecular flexibility index (Phi) is 2.09. The van der Waals surface area contributed by atoms with Crippen LogP contribution in [-0.2, 0) is 9.84 Å². The summed E-state index contributed by atoms with van der Waals surface area (Å²) in [6, 6.07) is 6.58. The number of benzene rings is 1. The fourth-order valence-corrected chi connectivity index (χ4v) is 3.03. The quantitative estimate of drug-likeness (QED) is 0.689. The van der Waals surface area contributed by atoms with Gasteiger partial charge in [-0.05, 0) is 31.0 Å². The highest BCUT2D eigenvalue weighted by molar-refractivity contribution is 7.92. The minimum absolute atomic E-state index is 0.171. The Balaban J connectivity index is 2.47. The predicted octanol–water partition coefficient (Wildman–Crippen LogP) is 1.60. The van der Waals surface area contributed by atoms with Crippen molar-refractivity contribution in [3.8, 4) is 12.3 Å². The van der Waals surface area contributed by atoms with E-state index in [1.54, 1.807) is 24.3 Å². The molecule has 0 radical (unpaired) electrons. The Morgan fingerprint density at radius 1 is 1.36 bits per heavy atom. The lowest BCUT2D eigenvalue weighted by Crippen LogP contribution is -2.06. The first-order valence-electron chi connectivity index (χ1n) is 4.45. The lowest BCUT2D eigenvalue weighted by molar-refractivity contribution is 0.595. The van der Waals surface area contributed by atoms with Gasteiger partial charge in [0.2, 0.25) is 0 Å². The van der Waals surface area contributed by atoms with E-state index in [1.165, 1.54) is 0 Å². The van der Waals surface area contributed by atoms with Crippen LogP contribution in [0.15, 0.2) is 29.2 Å². The summed E-state index contributed by atoms with van der Waals surface area (Å²) in [6.07, 6.45) is 6.77. The van der Waals surface area contributed by atoms with Crippen LogP contribution in [0.1, 0.15) is 18.4 Å². The fourth-order valence-electron chi connectivity index (χ4n) is 1.33.